The first-order chi connectivity index (χ1) is 13.1. The van der Waals surface area contributed by atoms with E-state index in [-0.39, 0.29) is 12.6 Å². The molecule has 1 unspecified atom stereocenters. The maximum atomic E-state index is 12.9. The minimum Gasteiger partial charge on any atom is -0.463 e. The second kappa shape index (κ2) is 8.13. The molecule has 0 fully saturated rings. The highest BCUT2D eigenvalue weighted by atomic mass is 16.5. The van der Waals surface area contributed by atoms with E-state index in [0.29, 0.717) is 12.0 Å². The second-order valence-electron chi connectivity index (χ2n) is 6.59. The fraction of sp³-hybridized carbons (Fsp3) is 0.364. The Morgan fingerprint density at radius 1 is 1.26 bits per heavy atom. The van der Waals surface area contributed by atoms with Crippen molar-refractivity contribution in [2.24, 2.45) is 10.9 Å². The quantitative estimate of drug-likeness (QED) is 0.732. The smallest absolute Gasteiger partial charge is 0.336 e. The van der Waals surface area contributed by atoms with Crippen LogP contribution < -0.4 is 0 Å². The summed E-state index contributed by atoms with van der Waals surface area (Å²) in [7, 11) is 0. The molecule has 2 aromatic rings. The van der Waals surface area contributed by atoms with Gasteiger partial charge in [-0.1, -0.05) is 31.5 Å². The van der Waals surface area contributed by atoms with Gasteiger partial charge in [0.05, 0.1) is 35.4 Å². The molecule has 5 heteroatoms. The first-order valence-corrected chi connectivity index (χ1v) is 9.30. The van der Waals surface area contributed by atoms with Crippen molar-refractivity contribution >= 4 is 22.6 Å². The molecule has 27 heavy (non-hydrogen) atoms. The first kappa shape index (κ1) is 18.8. The zero-order valence-electron chi connectivity index (χ0n) is 15.9. The summed E-state index contributed by atoms with van der Waals surface area (Å²) in [6.45, 7) is 5.98. The Morgan fingerprint density at radius 3 is 2.74 bits per heavy atom. The van der Waals surface area contributed by atoms with Gasteiger partial charge in [-0.25, -0.2) is 4.79 Å². The number of aliphatic imine (C=N–C) groups is 1. The predicted molar refractivity (Wildman–Crippen MR) is 105 cm³/mol. The Morgan fingerprint density at radius 2 is 2.04 bits per heavy atom. The van der Waals surface area contributed by atoms with Gasteiger partial charge in [-0.3, -0.25) is 9.98 Å². The molecule has 0 bridgehead atoms. The topological polar surface area (TPSA) is 75.3 Å². The van der Waals surface area contributed by atoms with E-state index in [4.69, 9.17) is 4.74 Å². The summed E-state index contributed by atoms with van der Waals surface area (Å²) in [5, 5.41) is 10.8. The van der Waals surface area contributed by atoms with Crippen molar-refractivity contribution in [1.29, 1.82) is 5.26 Å². The molecular formula is C22H23N3O2. The van der Waals surface area contributed by atoms with Gasteiger partial charge in [0.25, 0.3) is 0 Å². The number of hydrogen-bond acceptors (Lipinski definition) is 5. The predicted octanol–water partition coefficient (Wildman–Crippen LogP) is 4.55. The summed E-state index contributed by atoms with van der Waals surface area (Å²) in [5.41, 5.74) is 3.73. The highest BCUT2D eigenvalue weighted by molar-refractivity contribution is 6.00. The molecule has 2 heterocycles. The monoisotopic (exact) mass is 361 g/mol. The molecule has 0 N–H and O–H groups in total. The number of hydrogen-bond donors (Lipinski definition) is 0. The molecule has 1 aromatic heterocycles. The van der Waals surface area contributed by atoms with E-state index in [1.807, 2.05) is 44.2 Å². The maximum Gasteiger partial charge on any atom is 0.336 e. The van der Waals surface area contributed by atoms with Gasteiger partial charge in [-0.2, -0.15) is 5.26 Å². The number of pyridine rings is 1. The van der Waals surface area contributed by atoms with Gasteiger partial charge in [-0.05, 0) is 38.0 Å². The van der Waals surface area contributed by atoms with Crippen LogP contribution in [0.25, 0.3) is 10.9 Å². The van der Waals surface area contributed by atoms with Crippen LogP contribution in [0.1, 0.15) is 45.1 Å². The van der Waals surface area contributed by atoms with Crippen molar-refractivity contribution in [3.05, 3.63) is 53.4 Å². The number of carbonyl (C=O) groups excluding carboxylic acids is 1. The van der Waals surface area contributed by atoms with Crippen molar-refractivity contribution in [1.82, 2.24) is 4.98 Å². The molecule has 1 aliphatic heterocycles. The average molecular weight is 361 g/mol. The average Bonchev–Trinajstić information content (AvgIpc) is 2.67. The van der Waals surface area contributed by atoms with E-state index in [1.165, 1.54) is 0 Å². The summed E-state index contributed by atoms with van der Waals surface area (Å²) in [5.74, 6) is -1.32. The summed E-state index contributed by atoms with van der Waals surface area (Å²) in [4.78, 5) is 21.9. The molecule has 1 aromatic carbocycles. The molecule has 2 atom stereocenters. The molecule has 138 valence electrons. The second-order valence-corrected chi connectivity index (χ2v) is 6.59. The van der Waals surface area contributed by atoms with E-state index in [0.717, 1.165) is 34.3 Å². The first-order valence-electron chi connectivity index (χ1n) is 9.30. The van der Waals surface area contributed by atoms with E-state index in [1.54, 1.807) is 13.1 Å². The number of nitrogens with zero attached hydrogens (tertiary/aromatic N) is 3. The maximum absolute atomic E-state index is 12.9. The van der Waals surface area contributed by atoms with E-state index >= 15 is 0 Å². The standard InChI is InChI=1S/C22H23N3O2/c1-4-8-19-21(22(26)27-5-2)20(17(13-23)14(3)25-19)16-11-12-24-18-10-7-6-9-15(16)18/h6-7,9-12,17,20H,4-5,8H2,1-3H3/t17?,20-/m0/s1. The number of esters is 1. The van der Waals surface area contributed by atoms with Crippen molar-refractivity contribution in [2.75, 3.05) is 6.61 Å². The minimum absolute atomic E-state index is 0.283. The van der Waals surface area contributed by atoms with Crippen LogP contribution in [0.3, 0.4) is 0 Å². The van der Waals surface area contributed by atoms with Crippen LogP contribution >= 0.6 is 0 Å². The Labute approximate surface area is 159 Å². The normalized spacial score (nSPS) is 19.6. The highest BCUT2D eigenvalue weighted by Gasteiger charge is 2.39. The SMILES string of the molecule is CCCC1=C(C(=O)OCC)[C@@H](c2ccnc3ccccc23)C(C#N)C(C)=N1. The van der Waals surface area contributed by atoms with Crippen molar-refractivity contribution in [2.45, 2.75) is 39.5 Å². The third kappa shape index (κ3) is 3.48. The third-order valence-corrected chi connectivity index (χ3v) is 4.86. The van der Waals surface area contributed by atoms with Crippen LogP contribution in [0.5, 0.6) is 0 Å². The van der Waals surface area contributed by atoms with E-state index in [9.17, 15) is 10.1 Å². The fourth-order valence-electron chi connectivity index (χ4n) is 3.70. The molecule has 0 saturated carbocycles. The van der Waals surface area contributed by atoms with Gasteiger partial charge in [-0.15, -0.1) is 0 Å². The number of rotatable bonds is 5. The number of carbonyl (C=O) groups is 1. The molecule has 1 aliphatic rings. The number of para-hydroxylation sites is 1. The number of nitriles is 1. The van der Waals surface area contributed by atoms with Crippen LogP contribution in [0.15, 0.2) is 52.8 Å². The van der Waals surface area contributed by atoms with E-state index in [2.05, 4.69) is 16.0 Å². The lowest BCUT2D eigenvalue weighted by Gasteiger charge is -2.30. The molecule has 3 rings (SSSR count). The zero-order valence-corrected chi connectivity index (χ0v) is 15.9. The molecule has 0 spiro atoms. The van der Waals surface area contributed by atoms with Crippen LogP contribution in [0.4, 0.5) is 0 Å². The molecule has 0 aliphatic carbocycles. The number of benzene rings is 1. The number of allylic oxidation sites excluding steroid dienone is 1. The van der Waals surface area contributed by atoms with Gasteiger partial charge >= 0.3 is 5.97 Å². The largest absolute Gasteiger partial charge is 0.463 e. The Bertz CT molecular complexity index is 964. The fourth-order valence-corrected chi connectivity index (χ4v) is 3.70. The van der Waals surface area contributed by atoms with Crippen LogP contribution in [-0.2, 0) is 9.53 Å². The van der Waals surface area contributed by atoms with E-state index < -0.39 is 11.8 Å². The molecule has 0 radical (unpaired) electrons. The Kier molecular flexibility index (Phi) is 5.66. The van der Waals surface area contributed by atoms with Gasteiger partial charge in [0, 0.05) is 23.2 Å². The lowest BCUT2D eigenvalue weighted by Crippen LogP contribution is -2.30. The lowest BCUT2D eigenvalue weighted by atomic mass is 9.75. The van der Waals surface area contributed by atoms with Gasteiger partial charge in [0.15, 0.2) is 0 Å². The summed E-state index contributed by atoms with van der Waals surface area (Å²) in [6.07, 6.45) is 3.26. The van der Waals surface area contributed by atoms with Crippen LogP contribution in [-0.4, -0.2) is 23.3 Å². The zero-order chi connectivity index (χ0) is 19.4. The molecule has 0 amide bonds. The van der Waals surface area contributed by atoms with Crippen molar-refractivity contribution in [3.8, 4) is 6.07 Å². The third-order valence-electron chi connectivity index (χ3n) is 4.86. The highest BCUT2D eigenvalue weighted by Crippen LogP contribution is 2.42. The minimum atomic E-state index is -0.518. The number of ether oxygens (including phenoxy) is 1. The van der Waals surface area contributed by atoms with Crippen LogP contribution in [0.2, 0.25) is 0 Å². The molecular weight excluding hydrogens is 338 g/mol. The summed E-state index contributed by atoms with van der Waals surface area (Å²) >= 11 is 0. The summed E-state index contributed by atoms with van der Waals surface area (Å²) in [6, 6.07) is 12.1. The Hall–Kier alpha value is -3.00. The molecule has 5 nitrogen and oxygen atoms in total. The Balaban J connectivity index is 2.29. The number of aromatic nitrogens is 1. The number of fused-ring (bicyclic) bond motifs is 1. The summed E-state index contributed by atoms with van der Waals surface area (Å²) < 4.78 is 5.36. The lowest BCUT2D eigenvalue weighted by molar-refractivity contribution is -0.139. The van der Waals surface area contributed by atoms with Crippen molar-refractivity contribution < 1.29 is 9.53 Å². The van der Waals surface area contributed by atoms with Gasteiger partial charge < -0.3 is 4.74 Å². The molecule has 0 saturated heterocycles. The van der Waals surface area contributed by atoms with Gasteiger partial charge in [0.2, 0.25) is 0 Å². The van der Waals surface area contributed by atoms with Gasteiger partial charge in [0.1, 0.15) is 0 Å². The van der Waals surface area contributed by atoms with Crippen molar-refractivity contribution in [3.63, 3.8) is 0 Å². The van der Waals surface area contributed by atoms with Crippen LogP contribution in [0, 0.1) is 17.2 Å².